The summed E-state index contributed by atoms with van der Waals surface area (Å²) in [5.41, 5.74) is 2.71. The van der Waals surface area contributed by atoms with Gasteiger partial charge in [0.2, 0.25) is 0 Å². The van der Waals surface area contributed by atoms with Gasteiger partial charge in [-0.05, 0) is 68.9 Å². The summed E-state index contributed by atoms with van der Waals surface area (Å²) in [6.07, 6.45) is 5.43. The highest BCUT2D eigenvalue weighted by Crippen LogP contribution is 2.13. The maximum absolute atomic E-state index is 4.37. The summed E-state index contributed by atoms with van der Waals surface area (Å²) in [5, 5.41) is 6.92. The summed E-state index contributed by atoms with van der Waals surface area (Å²) in [7, 11) is 1.85. The number of hydrogen-bond donors (Lipinski definition) is 2. The zero-order chi connectivity index (χ0) is 18.9. The molecule has 0 aromatic heterocycles. The molecule has 5 nitrogen and oxygen atoms in total. The Morgan fingerprint density at radius 2 is 1.50 bits per heavy atom. The second-order valence-corrected chi connectivity index (χ2v) is 8.22. The lowest BCUT2D eigenvalue weighted by Crippen LogP contribution is -2.41. The number of likely N-dealkylation sites (tertiary alicyclic amines) is 2. The van der Waals surface area contributed by atoms with Gasteiger partial charge < -0.3 is 15.5 Å². The van der Waals surface area contributed by atoms with Crippen molar-refractivity contribution in [3.05, 3.63) is 35.4 Å². The van der Waals surface area contributed by atoms with Gasteiger partial charge in [-0.2, -0.15) is 0 Å². The molecule has 1 unspecified atom stereocenters. The third-order valence-corrected chi connectivity index (χ3v) is 5.70. The third-order valence-electron chi connectivity index (χ3n) is 5.70. The molecule has 0 radical (unpaired) electrons. The largest absolute Gasteiger partial charge is 0.356 e. The van der Waals surface area contributed by atoms with E-state index in [1.807, 2.05) is 7.05 Å². The molecular formula is C22H38IN5. The van der Waals surface area contributed by atoms with Crippen LogP contribution in [0.2, 0.25) is 0 Å². The Hall–Kier alpha value is -0.860. The normalized spacial score (nSPS) is 19.4. The van der Waals surface area contributed by atoms with Crippen LogP contribution in [-0.4, -0.2) is 62.1 Å². The number of aliphatic imine (C=N–C) groups is 1. The molecule has 6 heteroatoms. The topological polar surface area (TPSA) is 42.9 Å². The predicted molar refractivity (Wildman–Crippen MR) is 129 cm³/mol. The molecule has 2 saturated heterocycles. The van der Waals surface area contributed by atoms with Crippen LogP contribution in [0.4, 0.5) is 0 Å². The molecule has 2 aliphatic heterocycles. The number of benzene rings is 1. The molecule has 158 valence electrons. The zero-order valence-corrected chi connectivity index (χ0v) is 20.0. The number of halogens is 1. The summed E-state index contributed by atoms with van der Waals surface area (Å²) in [6, 6.07) is 9.01. The molecule has 0 bridgehead atoms. The molecule has 2 heterocycles. The smallest absolute Gasteiger partial charge is 0.191 e. The van der Waals surface area contributed by atoms with Crippen LogP contribution in [0.15, 0.2) is 29.3 Å². The van der Waals surface area contributed by atoms with Gasteiger partial charge >= 0.3 is 0 Å². The van der Waals surface area contributed by atoms with Crippen LogP contribution < -0.4 is 10.6 Å². The van der Waals surface area contributed by atoms with E-state index >= 15 is 0 Å². The van der Waals surface area contributed by atoms with Gasteiger partial charge in [-0.15, -0.1) is 24.0 Å². The molecule has 3 rings (SSSR count). The van der Waals surface area contributed by atoms with Gasteiger partial charge in [0.15, 0.2) is 5.96 Å². The van der Waals surface area contributed by atoms with E-state index in [0.29, 0.717) is 5.92 Å². The molecule has 1 aromatic rings. The van der Waals surface area contributed by atoms with E-state index < -0.39 is 0 Å². The van der Waals surface area contributed by atoms with Crippen LogP contribution in [0.3, 0.4) is 0 Å². The van der Waals surface area contributed by atoms with E-state index in [2.05, 4.69) is 56.6 Å². The van der Waals surface area contributed by atoms with Gasteiger partial charge in [0.05, 0.1) is 0 Å². The van der Waals surface area contributed by atoms with Crippen LogP contribution in [0.1, 0.15) is 43.7 Å². The van der Waals surface area contributed by atoms with Gasteiger partial charge in [-0.3, -0.25) is 9.89 Å². The fourth-order valence-electron chi connectivity index (χ4n) is 4.11. The maximum atomic E-state index is 4.37. The van der Waals surface area contributed by atoms with E-state index in [1.54, 1.807) is 0 Å². The molecule has 0 spiro atoms. The van der Waals surface area contributed by atoms with Gasteiger partial charge in [0, 0.05) is 33.2 Å². The van der Waals surface area contributed by atoms with Crippen LogP contribution in [0.25, 0.3) is 0 Å². The molecule has 2 aliphatic rings. The fourth-order valence-corrected chi connectivity index (χ4v) is 4.11. The van der Waals surface area contributed by atoms with E-state index in [4.69, 9.17) is 0 Å². The Balaban J connectivity index is 0.00000280. The predicted octanol–water partition coefficient (Wildman–Crippen LogP) is 3.30. The minimum atomic E-state index is 0. The summed E-state index contributed by atoms with van der Waals surface area (Å²) in [6.45, 7) is 11.4. The van der Waals surface area contributed by atoms with Crippen molar-refractivity contribution in [2.75, 3.05) is 46.3 Å². The van der Waals surface area contributed by atoms with E-state index in [-0.39, 0.29) is 24.0 Å². The van der Waals surface area contributed by atoms with Crippen LogP contribution >= 0.6 is 24.0 Å². The Labute approximate surface area is 188 Å². The Morgan fingerprint density at radius 1 is 0.929 bits per heavy atom. The van der Waals surface area contributed by atoms with Crippen molar-refractivity contribution in [3.8, 4) is 0 Å². The lowest BCUT2D eigenvalue weighted by molar-refractivity contribution is 0.287. The van der Waals surface area contributed by atoms with Crippen molar-refractivity contribution in [3.63, 3.8) is 0 Å². The minimum absolute atomic E-state index is 0. The summed E-state index contributed by atoms with van der Waals surface area (Å²) in [4.78, 5) is 9.49. The average molecular weight is 499 g/mol. The van der Waals surface area contributed by atoms with Crippen molar-refractivity contribution in [2.45, 2.75) is 45.7 Å². The maximum Gasteiger partial charge on any atom is 0.191 e. The first-order chi connectivity index (χ1) is 13.2. The quantitative estimate of drug-likeness (QED) is 0.327. The van der Waals surface area contributed by atoms with Crippen molar-refractivity contribution in [2.24, 2.45) is 10.9 Å². The lowest BCUT2D eigenvalue weighted by atomic mass is 10.1. The molecule has 0 aliphatic carbocycles. The highest BCUT2D eigenvalue weighted by atomic mass is 127. The monoisotopic (exact) mass is 499 g/mol. The number of nitrogens with one attached hydrogen (secondary N) is 2. The number of hydrogen-bond acceptors (Lipinski definition) is 3. The van der Waals surface area contributed by atoms with Crippen LogP contribution in [0.5, 0.6) is 0 Å². The first-order valence-corrected chi connectivity index (χ1v) is 10.7. The van der Waals surface area contributed by atoms with Crippen molar-refractivity contribution < 1.29 is 0 Å². The first kappa shape index (κ1) is 23.4. The molecule has 2 fully saturated rings. The highest BCUT2D eigenvalue weighted by molar-refractivity contribution is 14.0. The average Bonchev–Trinajstić information content (AvgIpc) is 3.37. The molecule has 0 saturated carbocycles. The number of nitrogens with zero attached hydrogens (tertiary/aromatic N) is 3. The Morgan fingerprint density at radius 3 is 2.11 bits per heavy atom. The standard InChI is InChI=1S/C22H37N5.HI/c1-19(17-26-11-3-4-12-26)15-24-22(23-2)25-16-20-7-9-21(10-8-20)18-27-13-5-6-14-27;/h7-10,19H,3-6,11-18H2,1-2H3,(H2,23,24,25);1H. The highest BCUT2D eigenvalue weighted by Gasteiger charge is 2.15. The molecule has 1 aromatic carbocycles. The summed E-state index contributed by atoms with van der Waals surface area (Å²) >= 11 is 0. The number of guanidine groups is 1. The first-order valence-electron chi connectivity index (χ1n) is 10.7. The van der Waals surface area contributed by atoms with Crippen molar-refractivity contribution in [1.82, 2.24) is 20.4 Å². The minimum Gasteiger partial charge on any atom is -0.356 e. The van der Waals surface area contributed by atoms with Gasteiger partial charge in [0.25, 0.3) is 0 Å². The SMILES string of the molecule is CN=C(NCc1ccc(CN2CCCC2)cc1)NCC(C)CN1CCCC1.I. The molecule has 2 N–H and O–H groups in total. The second kappa shape index (κ2) is 12.6. The molecule has 0 amide bonds. The van der Waals surface area contributed by atoms with Crippen LogP contribution in [0, 0.1) is 5.92 Å². The molecular weight excluding hydrogens is 461 g/mol. The summed E-state index contributed by atoms with van der Waals surface area (Å²) in [5.74, 6) is 1.52. The van der Waals surface area contributed by atoms with Crippen LogP contribution in [-0.2, 0) is 13.1 Å². The van der Waals surface area contributed by atoms with E-state index in [1.165, 1.54) is 69.5 Å². The van der Waals surface area contributed by atoms with Crippen molar-refractivity contribution in [1.29, 1.82) is 0 Å². The summed E-state index contributed by atoms with van der Waals surface area (Å²) < 4.78 is 0. The molecule has 1 atom stereocenters. The third kappa shape index (κ3) is 7.87. The van der Waals surface area contributed by atoms with Gasteiger partial charge in [-0.25, -0.2) is 0 Å². The van der Waals surface area contributed by atoms with Gasteiger partial charge in [-0.1, -0.05) is 31.2 Å². The molecule has 28 heavy (non-hydrogen) atoms. The van der Waals surface area contributed by atoms with Gasteiger partial charge in [0.1, 0.15) is 0 Å². The number of rotatable bonds is 8. The lowest BCUT2D eigenvalue weighted by Gasteiger charge is -2.21. The fraction of sp³-hybridized carbons (Fsp3) is 0.682. The van der Waals surface area contributed by atoms with E-state index in [0.717, 1.165) is 25.6 Å². The zero-order valence-electron chi connectivity index (χ0n) is 17.6. The van der Waals surface area contributed by atoms with E-state index in [9.17, 15) is 0 Å². The second-order valence-electron chi connectivity index (χ2n) is 8.22. The van der Waals surface area contributed by atoms with Crippen molar-refractivity contribution >= 4 is 29.9 Å². The Kier molecular flexibility index (Phi) is 10.6. The Bertz CT molecular complexity index is 577.